The minimum Gasteiger partial charge on any atom is -0.347 e. The molecule has 0 N–H and O–H groups in total. The molecule has 1 rings (SSSR count). The van der Waals surface area contributed by atoms with Gasteiger partial charge in [0.15, 0.2) is 5.79 Å². The zero-order valence-electron chi connectivity index (χ0n) is 34.0. The number of rotatable bonds is 36. The van der Waals surface area contributed by atoms with Crippen LogP contribution in [0.5, 0.6) is 0 Å². The summed E-state index contributed by atoms with van der Waals surface area (Å²) in [7, 11) is 4.31. The predicted octanol–water partition coefficient (Wildman–Crippen LogP) is 14.8. The minimum absolute atomic E-state index is 0.263. The molecule has 290 valence electrons. The fraction of sp³-hybridized carbons (Fsp3) is 0.787. The summed E-state index contributed by atoms with van der Waals surface area (Å²) in [6, 6.07) is 0. The van der Waals surface area contributed by atoms with Crippen LogP contribution in [0.2, 0.25) is 0 Å². The topological polar surface area (TPSA) is 21.7 Å². The Balaban J connectivity index is 2.12. The molecule has 0 saturated carbocycles. The molecule has 3 heteroatoms. The fourth-order valence-corrected chi connectivity index (χ4v) is 6.83. The van der Waals surface area contributed by atoms with Crippen molar-refractivity contribution in [2.24, 2.45) is 0 Å². The quantitative estimate of drug-likeness (QED) is 0.0481. The maximum absolute atomic E-state index is 6.70. The summed E-state index contributed by atoms with van der Waals surface area (Å²) in [4.78, 5) is 2.26. The number of ether oxygens (including phenoxy) is 2. The summed E-state index contributed by atoms with van der Waals surface area (Å²) >= 11 is 0. The molecule has 0 aliphatic carbocycles. The van der Waals surface area contributed by atoms with E-state index in [2.05, 4.69) is 93.6 Å². The lowest BCUT2D eigenvalue weighted by molar-refractivity contribution is -0.180. The van der Waals surface area contributed by atoms with E-state index in [0.29, 0.717) is 0 Å². The Labute approximate surface area is 313 Å². The largest absolute Gasteiger partial charge is 0.347 e. The van der Waals surface area contributed by atoms with Crippen molar-refractivity contribution in [2.45, 2.75) is 212 Å². The van der Waals surface area contributed by atoms with Crippen molar-refractivity contribution in [2.75, 3.05) is 27.2 Å². The molecule has 0 aromatic carbocycles. The highest BCUT2D eigenvalue weighted by atomic mass is 16.7. The van der Waals surface area contributed by atoms with Crippen LogP contribution in [0, 0.1) is 0 Å². The van der Waals surface area contributed by atoms with Crippen molar-refractivity contribution in [3.63, 3.8) is 0 Å². The maximum atomic E-state index is 6.70. The SMILES string of the molecule is CC/C=C\C/C=C\C/C=C\CCCCCCCCCCC1(CCCCCCCCCC/C=C\C/C=C\CCCCC)OCC(CCN(C)C)O1. The molecule has 3 nitrogen and oxygen atoms in total. The second-order valence-corrected chi connectivity index (χ2v) is 15.3. The van der Waals surface area contributed by atoms with Crippen LogP contribution in [-0.2, 0) is 9.47 Å². The third-order valence-corrected chi connectivity index (χ3v) is 10.0. The molecule has 0 amide bonds. The molecule has 1 heterocycles. The van der Waals surface area contributed by atoms with Gasteiger partial charge in [-0.1, -0.05) is 164 Å². The average molecular weight is 696 g/mol. The van der Waals surface area contributed by atoms with E-state index in [1.54, 1.807) is 0 Å². The fourth-order valence-electron chi connectivity index (χ4n) is 6.83. The molecular formula is C47H85NO2. The van der Waals surface area contributed by atoms with E-state index < -0.39 is 0 Å². The van der Waals surface area contributed by atoms with Crippen LogP contribution in [0.25, 0.3) is 0 Å². The van der Waals surface area contributed by atoms with Gasteiger partial charge in [0.2, 0.25) is 0 Å². The summed E-state index contributed by atoms with van der Waals surface area (Å²) in [5, 5.41) is 0. The van der Waals surface area contributed by atoms with Gasteiger partial charge in [-0.05, 0) is 97.6 Å². The number of nitrogens with zero attached hydrogens (tertiary/aromatic N) is 1. The molecule has 1 aliphatic heterocycles. The molecule has 1 aliphatic rings. The third-order valence-electron chi connectivity index (χ3n) is 10.0. The third kappa shape index (κ3) is 30.2. The highest BCUT2D eigenvalue weighted by Gasteiger charge is 2.40. The molecule has 1 fully saturated rings. The van der Waals surface area contributed by atoms with Crippen LogP contribution in [0.4, 0.5) is 0 Å². The number of hydrogen-bond acceptors (Lipinski definition) is 3. The Morgan fingerprint density at radius 2 is 0.900 bits per heavy atom. The van der Waals surface area contributed by atoms with Gasteiger partial charge in [-0.3, -0.25) is 0 Å². The molecular weight excluding hydrogens is 611 g/mol. The summed E-state index contributed by atoms with van der Waals surface area (Å²) in [5.41, 5.74) is 0. The first-order valence-electron chi connectivity index (χ1n) is 21.8. The van der Waals surface area contributed by atoms with E-state index >= 15 is 0 Å². The molecule has 2 unspecified atom stereocenters. The van der Waals surface area contributed by atoms with Crippen molar-refractivity contribution in [1.82, 2.24) is 4.90 Å². The minimum atomic E-state index is -0.315. The van der Waals surface area contributed by atoms with Gasteiger partial charge in [-0.25, -0.2) is 0 Å². The maximum Gasteiger partial charge on any atom is 0.168 e. The number of unbranched alkanes of at least 4 members (excludes halogenated alkanes) is 19. The molecule has 0 spiro atoms. The summed E-state index contributed by atoms with van der Waals surface area (Å²) < 4.78 is 13.2. The van der Waals surface area contributed by atoms with Crippen LogP contribution >= 0.6 is 0 Å². The standard InChI is InChI=1S/C47H85NO2/c1-5-7-9-11-13-15-17-19-21-23-25-27-29-31-33-35-37-39-42-47(49-45-46(50-47)41-44-48(3)4)43-40-38-36-34-32-30-28-26-24-22-20-18-16-14-12-10-8-6-2/h7,9,13-16,19-22,46H,5-6,8,10-12,17-18,23-45H2,1-4H3/b9-7-,15-13-,16-14-,21-19-,22-20-. The van der Waals surface area contributed by atoms with Gasteiger partial charge in [-0.2, -0.15) is 0 Å². The second-order valence-electron chi connectivity index (χ2n) is 15.3. The van der Waals surface area contributed by atoms with Gasteiger partial charge in [0.1, 0.15) is 0 Å². The van der Waals surface area contributed by atoms with Gasteiger partial charge < -0.3 is 14.4 Å². The first-order chi connectivity index (χ1) is 24.6. The molecule has 0 bridgehead atoms. The summed E-state index contributed by atoms with van der Waals surface area (Å²) in [6.45, 7) is 6.31. The Bertz CT molecular complexity index is 855. The van der Waals surface area contributed by atoms with E-state index in [1.807, 2.05) is 0 Å². The molecule has 0 radical (unpaired) electrons. The Morgan fingerprint density at radius 1 is 0.500 bits per heavy atom. The van der Waals surface area contributed by atoms with E-state index in [4.69, 9.17) is 9.47 Å². The molecule has 1 saturated heterocycles. The van der Waals surface area contributed by atoms with E-state index in [-0.39, 0.29) is 11.9 Å². The first-order valence-corrected chi connectivity index (χ1v) is 21.8. The average Bonchev–Trinajstić information content (AvgIpc) is 3.52. The number of hydrogen-bond donors (Lipinski definition) is 0. The molecule has 0 aromatic rings. The van der Waals surface area contributed by atoms with Crippen molar-refractivity contribution >= 4 is 0 Å². The van der Waals surface area contributed by atoms with E-state index in [0.717, 1.165) is 58.1 Å². The second kappa shape index (κ2) is 36.0. The van der Waals surface area contributed by atoms with Gasteiger partial charge in [0, 0.05) is 19.4 Å². The lowest BCUT2D eigenvalue weighted by Crippen LogP contribution is -2.31. The highest BCUT2D eigenvalue weighted by Crippen LogP contribution is 2.35. The summed E-state index contributed by atoms with van der Waals surface area (Å²) in [6.07, 6.45) is 60.3. The summed E-state index contributed by atoms with van der Waals surface area (Å²) in [5.74, 6) is -0.315. The van der Waals surface area contributed by atoms with Crippen LogP contribution in [0.3, 0.4) is 0 Å². The van der Waals surface area contributed by atoms with Gasteiger partial charge in [-0.15, -0.1) is 0 Å². The van der Waals surface area contributed by atoms with Crippen LogP contribution in [-0.4, -0.2) is 44.0 Å². The van der Waals surface area contributed by atoms with Crippen molar-refractivity contribution in [3.05, 3.63) is 60.8 Å². The van der Waals surface area contributed by atoms with Crippen LogP contribution < -0.4 is 0 Å². The molecule has 0 aromatic heterocycles. The Morgan fingerprint density at radius 3 is 1.34 bits per heavy atom. The molecule has 50 heavy (non-hydrogen) atoms. The Hall–Kier alpha value is -1.42. The normalized spacial score (nSPS) is 18.6. The highest BCUT2D eigenvalue weighted by molar-refractivity contribution is 4.97. The zero-order chi connectivity index (χ0) is 36.1. The van der Waals surface area contributed by atoms with Gasteiger partial charge in [0.25, 0.3) is 0 Å². The monoisotopic (exact) mass is 696 g/mol. The predicted molar refractivity (Wildman–Crippen MR) is 223 cm³/mol. The smallest absolute Gasteiger partial charge is 0.168 e. The first kappa shape index (κ1) is 46.6. The van der Waals surface area contributed by atoms with Crippen LogP contribution in [0.1, 0.15) is 200 Å². The Kier molecular flexibility index (Phi) is 33.5. The van der Waals surface area contributed by atoms with Crippen molar-refractivity contribution in [3.8, 4) is 0 Å². The molecule has 2 atom stereocenters. The van der Waals surface area contributed by atoms with E-state index in [1.165, 1.54) is 141 Å². The number of allylic oxidation sites excluding steroid dienone is 10. The van der Waals surface area contributed by atoms with Crippen LogP contribution in [0.15, 0.2) is 60.8 Å². The zero-order valence-corrected chi connectivity index (χ0v) is 34.0. The lowest BCUT2D eigenvalue weighted by atomic mass is 9.98. The van der Waals surface area contributed by atoms with Gasteiger partial charge >= 0.3 is 0 Å². The van der Waals surface area contributed by atoms with Gasteiger partial charge in [0.05, 0.1) is 12.7 Å². The van der Waals surface area contributed by atoms with Crippen molar-refractivity contribution < 1.29 is 9.47 Å². The van der Waals surface area contributed by atoms with E-state index in [9.17, 15) is 0 Å². The van der Waals surface area contributed by atoms with Crippen molar-refractivity contribution in [1.29, 1.82) is 0 Å². The lowest BCUT2D eigenvalue weighted by Gasteiger charge is -2.29.